The van der Waals surface area contributed by atoms with Gasteiger partial charge in [-0.3, -0.25) is 4.79 Å². The fraction of sp³-hybridized carbons (Fsp3) is 0.471. The maximum atomic E-state index is 13.0. The molecule has 4 aliphatic heterocycles. The van der Waals surface area contributed by atoms with Gasteiger partial charge in [-0.15, -0.1) is 11.3 Å². The molecular formula is C17H18N2OS. The second-order valence-electron chi connectivity index (χ2n) is 6.65. The lowest BCUT2D eigenvalue weighted by Gasteiger charge is -2.44. The number of hydrogen-bond donors (Lipinski definition) is 0. The van der Waals surface area contributed by atoms with Gasteiger partial charge in [-0.25, -0.2) is 0 Å². The molecule has 1 aromatic heterocycles. The van der Waals surface area contributed by atoms with E-state index in [0.717, 1.165) is 29.8 Å². The van der Waals surface area contributed by atoms with Crippen LogP contribution in [-0.4, -0.2) is 47.9 Å². The van der Waals surface area contributed by atoms with E-state index in [9.17, 15) is 4.79 Å². The number of hydrogen-bond acceptors (Lipinski definition) is 3. The topological polar surface area (TPSA) is 23.6 Å². The summed E-state index contributed by atoms with van der Waals surface area (Å²) in [7, 11) is 0. The number of likely N-dealkylation sites (tertiary alicyclic amines) is 1. The van der Waals surface area contributed by atoms with Crippen LogP contribution in [0.2, 0.25) is 0 Å². The molecule has 6 rings (SSSR count). The first kappa shape index (κ1) is 12.2. The van der Waals surface area contributed by atoms with Gasteiger partial charge in [0.1, 0.15) is 0 Å². The quantitative estimate of drug-likeness (QED) is 0.808. The van der Waals surface area contributed by atoms with Gasteiger partial charge in [0.15, 0.2) is 0 Å². The number of fused-ring (bicyclic) bond motifs is 2. The third-order valence-corrected chi connectivity index (χ3v) is 6.65. The van der Waals surface area contributed by atoms with Crippen molar-refractivity contribution in [3.05, 3.63) is 35.2 Å². The summed E-state index contributed by atoms with van der Waals surface area (Å²) < 4.78 is 1.22. The van der Waals surface area contributed by atoms with E-state index in [0.29, 0.717) is 6.04 Å². The molecule has 0 saturated carbocycles. The van der Waals surface area contributed by atoms with Gasteiger partial charge < -0.3 is 9.80 Å². The maximum Gasteiger partial charge on any atom is 0.264 e. The number of carbonyl (C=O) groups excluding carboxylic acids is 1. The Hall–Kier alpha value is -1.39. The van der Waals surface area contributed by atoms with E-state index in [1.54, 1.807) is 11.3 Å². The van der Waals surface area contributed by atoms with E-state index >= 15 is 0 Å². The van der Waals surface area contributed by atoms with Crippen molar-refractivity contribution < 1.29 is 4.79 Å². The third-order valence-electron chi connectivity index (χ3n) is 5.55. The lowest BCUT2D eigenvalue weighted by molar-refractivity contribution is 0.0425. The fourth-order valence-corrected chi connectivity index (χ4v) is 5.59. The lowest BCUT2D eigenvalue weighted by atomic mass is 9.80. The van der Waals surface area contributed by atoms with E-state index in [4.69, 9.17) is 0 Å². The second-order valence-corrected chi connectivity index (χ2v) is 7.73. The molecule has 4 bridgehead atoms. The molecular weight excluding hydrogens is 280 g/mol. The molecule has 0 spiro atoms. The number of benzene rings is 1. The smallest absolute Gasteiger partial charge is 0.264 e. The molecule has 5 heterocycles. The minimum atomic E-state index is 0.262. The standard InChI is InChI=1S/C17H18N2OS/c20-17(16-7-11-3-1-2-4-15(11)21-16)19-9-12-8-18-6-5-13(12)14(19)10-18/h1-4,7,12-14H,5-6,8-10H2/t12-,13?,14-/m0/s1. The molecule has 0 N–H and O–H groups in total. The molecule has 4 fully saturated rings. The van der Waals surface area contributed by atoms with E-state index in [-0.39, 0.29) is 5.91 Å². The number of thiophene rings is 1. The number of carbonyl (C=O) groups is 1. The minimum Gasteiger partial charge on any atom is -0.333 e. The van der Waals surface area contributed by atoms with E-state index < -0.39 is 0 Å². The molecule has 0 aliphatic carbocycles. The predicted molar refractivity (Wildman–Crippen MR) is 84.7 cm³/mol. The van der Waals surface area contributed by atoms with Crippen molar-refractivity contribution in [1.82, 2.24) is 9.80 Å². The van der Waals surface area contributed by atoms with Crippen LogP contribution in [-0.2, 0) is 0 Å². The summed E-state index contributed by atoms with van der Waals surface area (Å²) in [5, 5.41) is 1.19. The Balaban J connectivity index is 1.49. The van der Waals surface area contributed by atoms with Gasteiger partial charge in [0.05, 0.1) is 4.88 Å². The zero-order valence-electron chi connectivity index (χ0n) is 11.9. The summed E-state index contributed by atoms with van der Waals surface area (Å²) in [5.74, 6) is 1.74. The van der Waals surface area contributed by atoms with Crippen molar-refractivity contribution in [1.29, 1.82) is 0 Å². The van der Waals surface area contributed by atoms with Crippen LogP contribution in [0.5, 0.6) is 0 Å². The van der Waals surface area contributed by atoms with Crippen molar-refractivity contribution in [2.24, 2.45) is 11.8 Å². The van der Waals surface area contributed by atoms with Crippen molar-refractivity contribution in [2.45, 2.75) is 12.5 Å². The van der Waals surface area contributed by atoms with Gasteiger partial charge >= 0.3 is 0 Å². The number of rotatable bonds is 1. The van der Waals surface area contributed by atoms with Crippen molar-refractivity contribution in [3.63, 3.8) is 0 Å². The highest BCUT2D eigenvalue weighted by Crippen LogP contribution is 2.42. The normalized spacial score (nSPS) is 33.8. The SMILES string of the molecule is O=C(c1cc2ccccc2s1)N1C[C@@H]2C[N@@]3CCC2[C@@H]1C3. The summed E-state index contributed by atoms with van der Waals surface area (Å²) >= 11 is 1.64. The van der Waals surface area contributed by atoms with E-state index in [1.807, 2.05) is 12.1 Å². The van der Waals surface area contributed by atoms with Crippen LogP contribution in [0.1, 0.15) is 16.1 Å². The summed E-state index contributed by atoms with van der Waals surface area (Å²) in [6.45, 7) is 4.51. The molecule has 4 heteroatoms. The summed E-state index contributed by atoms with van der Waals surface area (Å²) in [4.78, 5) is 18.6. The van der Waals surface area contributed by atoms with Crippen LogP contribution in [0, 0.1) is 11.8 Å². The fourth-order valence-electron chi connectivity index (χ4n) is 4.57. The van der Waals surface area contributed by atoms with Crippen LogP contribution in [0.3, 0.4) is 0 Å². The average Bonchev–Trinajstić information content (AvgIpc) is 3.06. The lowest BCUT2D eigenvalue weighted by Crippen LogP contribution is -2.54. The highest BCUT2D eigenvalue weighted by molar-refractivity contribution is 7.20. The zero-order valence-corrected chi connectivity index (χ0v) is 12.7. The molecule has 4 saturated heterocycles. The number of amides is 1. The van der Waals surface area contributed by atoms with Gasteiger partial charge in [-0.1, -0.05) is 18.2 Å². The zero-order chi connectivity index (χ0) is 14.0. The summed E-state index contributed by atoms with van der Waals surface area (Å²) in [6, 6.07) is 10.8. The highest BCUT2D eigenvalue weighted by Gasteiger charge is 2.51. The molecule has 1 unspecified atom stereocenters. The minimum absolute atomic E-state index is 0.262. The molecule has 4 atom stereocenters. The number of nitrogens with zero attached hydrogens (tertiary/aromatic N) is 2. The average molecular weight is 298 g/mol. The molecule has 4 aliphatic rings. The van der Waals surface area contributed by atoms with Gasteiger partial charge in [0.25, 0.3) is 5.91 Å². The van der Waals surface area contributed by atoms with Crippen LogP contribution in [0.4, 0.5) is 0 Å². The Morgan fingerprint density at radius 2 is 2.10 bits per heavy atom. The van der Waals surface area contributed by atoms with Crippen molar-refractivity contribution in [3.8, 4) is 0 Å². The largest absolute Gasteiger partial charge is 0.333 e. The monoisotopic (exact) mass is 298 g/mol. The third kappa shape index (κ3) is 1.72. The second kappa shape index (κ2) is 4.31. The first-order valence-corrected chi connectivity index (χ1v) is 8.63. The molecule has 1 amide bonds. The first-order valence-electron chi connectivity index (χ1n) is 7.81. The molecule has 108 valence electrons. The van der Waals surface area contributed by atoms with E-state index in [1.165, 1.54) is 29.6 Å². The molecule has 21 heavy (non-hydrogen) atoms. The van der Waals surface area contributed by atoms with Crippen LogP contribution >= 0.6 is 11.3 Å². The van der Waals surface area contributed by atoms with Crippen LogP contribution in [0.15, 0.2) is 30.3 Å². The highest BCUT2D eigenvalue weighted by atomic mass is 32.1. The van der Waals surface area contributed by atoms with Crippen molar-refractivity contribution in [2.75, 3.05) is 26.2 Å². The predicted octanol–water partition coefficient (Wildman–Crippen LogP) is 2.68. The summed E-state index contributed by atoms with van der Waals surface area (Å²) in [5.41, 5.74) is 0. The first-order chi connectivity index (χ1) is 10.3. The molecule has 3 nitrogen and oxygen atoms in total. The molecule has 1 aromatic carbocycles. The Labute approximate surface area is 128 Å². The van der Waals surface area contributed by atoms with Gasteiger partial charge in [-0.2, -0.15) is 0 Å². The summed E-state index contributed by atoms with van der Waals surface area (Å²) in [6.07, 6.45) is 1.28. The Morgan fingerprint density at radius 1 is 1.19 bits per heavy atom. The van der Waals surface area contributed by atoms with E-state index in [2.05, 4.69) is 28.0 Å². The van der Waals surface area contributed by atoms with Gasteiger partial charge in [0, 0.05) is 30.4 Å². The Bertz CT molecular complexity index is 691. The van der Waals surface area contributed by atoms with Gasteiger partial charge in [-0.05, 0) is 42.3 Å². The van der Waals surface area contributed by atoms with Crippen LogP contribution < -0.4 is 0 Å². The van der Waals surface area contributed by atoms with Gasteiger partial charge in [0.2, 0.25) is 0 Å². The maximum absolute atomic E-state index is 13.0. The molecule has 0 radical (unpaired) electrons. The number of piperidine rings is 3. The Kier molecular flexibility index (Phi) is 2.50. The molecule has 2 aromatic rings. The Morgan fingerprint density at radius 3 is 2.90 bits per heavy atom. The van der Waals surface area contributed by atoms with Crippen molar-refractivity contribution >= 4 is 27.3 Å². The van der Waals surface area contributed by atoms with Crippen LogP contribution in [0.25, 0.3) is 10.1 Å².